The molecule has 7 nitrogen and oxygen atoms in total. The molecule has 1 fully saturated rings. The molecule has 1 atom stereocenters. The number of hydrogen-bond acceptors (Lipinski definition) is 6. The molecule has 1 aliphatic rings. The van der Waals surface area contributed by atoms with Gasteiger partial charge in [0.2, 0.25) is 0 Å². The predicted octanol–water partition coefficient (Wildman–Crippen LogP) is 1.25. The van der Waals surface area contributed by atoms with Gasteiger partial charge in [0.1, 0.15) is 10.5 Å². The van der Waals surface area contributed by atoms with Gasteiger partial charge in [-0.15, -0.1) is 11.3 Å². The maximum Gasteiger partial charge on any atom is 0.268 e. The van der Waals surface area contributed by atoms with Gasteiger partial charge < -0.3 is 10.1 Å². The minimum absolute atomic E-state index is 0.109. The van der Waals surface area contributed by atoms with Crippen LogP contribution in [0.4, 0.5) is 0 Å². The zero-order valence-corrected chi connectivity index (χ0v) is 13.5. The van der Waals surface area contributed by atoms with Gasteiger partial charge in [0.25, 0.3) is 5.56 Å². The Labute approximate surface area is 136 Å². The second-order valence-corrected chi connectivity index (χ2v) is 6.98. The van der Waals surface area contributed by atoms with Crippen LogP contribution in [-0.2, 0) is 6.54 Å². The predicted molar refractivity (Wildman–Crippen MR) is 88.5 cm³/mol. The molecule has 3 aromatic heterocycles. The van der Waals surface area contributed by atoms with Crippen LogP contribution >= 0.6 is 11.3 Å². The summed E-state index contributed by atoms with van der Waals surface area (Å²) in [5.74, 6) is 0.643. The Morgan fingerprint density at radius 3 is 3.09 bits per heavy atom. The quantitative estimate of drug-likeness (QED) is 0.671. The third-order valence-corrected chi connectivity index (χ3v) is 5.30. The van der Waals surface area contributed by atoms with Crippen molar-refractivity contribution >= 4 is 21.6 Å². The Bertz CT molecular complexity index is 912. The SMILES string of the molecule is Cc1[nH]ncc1-c1cc2nc(CN3CC[C@@H](O)C3)[nH]c(=O)c2s1. The molecule has 1 saturated heterocycles. The first-order valence-electron chi connectivity index (χ1n) is 7.53. The molecule has 4 heterocycles. The van der Waals surface area contributed by atoms with E-state index >= 15 is 0 Å². The van der Waals surface area contributed by atoms with Gasteiger partial charge in [-0.3, -0.25) is 14.8 Å². The third-order valence-electron chi connectivity index (χ3n) is 4.15. The summed E-state index contributed by atoms with van der Waals surface area (Å²) in [5, 5.41) is 16.5. The topological polar surface area (TPSA) is 97.9 Å². The number of aliphatic hydroxyl groups excluding tert-OH is 1. The van der Waals surface area contributed by atoms with E-state index in [4.69, 9.17) is 0 Å². The van der Waals surface area contributed by atoms with Crippen LogP contribution in [0.2, 0.25) is 0 Å². The first-order valence-corrected chi connectivity index (χ1v) is 8.35. The van der Waals surface area contributed by atoms with Gasteiger partial charge in [-0.1, -0.05) is 0 Å². The second-order valence-electron chi connectivity index (χ2n) is 5.92. The molecule has 3 aromatic rings. The fourth-order valence-corrected chi connectivity index (χ4v) is 4.02. The van der Waals surface area contributed by atoms with Crippen molar-refractivity contribution in [1.29, 1.82) is 0 Å². The number of β-amino-alcohol motifs (C(OH)–C–C–N with tert-alkyl or cyclic N) is 1. The van der Waals surface area contributed by atoms with E-state index in [9.17, 15) is 9.90 Å². The van der Waals surface area contributed by atoms with Gasteiger partial charge in [-0.05, 0) is 19.4 Å². The van der Waals surface area contributed by atoms with Crippen LogP contribution in [0.25, 0.3) is 20.7 Å². The molecule has 120 valence electrons. The van der Waals surface area contributed by atoms with Crippen LogP contribution in [0, 0.1) is 6.92 Å². The Kier molecular flexibility index (Phi) is 3.51. The molecular weight excluding hydrogens is 314 g/mol. The maximum atomic E-state index is 12.3. The summed E-state index contributed by atoms with van der Waals surface area (Å²) >= 11 is 1.43. The van der Waals surface area contributed by atoms with E-state index < -0.39 is 0 Å². The van der Waals surface area contributed by atoms with E-state index in [1.54, 1.807) is 6.20 Å². The Hall–Kier alpha value is -2.03. The normalized spacial score (nSPS) is 19.0. The molecule has 0 aliphatic carbocycles. The van der Waals surface area contributed by atoms with Crippen molar-refractivity contribution < 1.29 is 5.11 Å². The van der Waals surface area contributed by atoms with Crippen molar-refractivity contribution in [1.82, 2.24) is 25.1 Å². The molecule has 4 rings (SSSR count). The smallest absolute Gasteiger partial charge is 0.268 e. The minimum Gasteiger partial charge on any atom is -0.392 e. The average Bonchev–Trinajstić information content (AvgIpc) is 3.19. The fraction of sp³-hybridized carbons (Fsp3) is 0.400. The molecule has 1 aliphatic heterocycles. The van der Waals surface area contributed by atoms with Gasteiger partial charge >= 0.3 is 0 Å². The molecule has 0 amide bonds. The Balaban J connectivity index is 1.70. The number of aromatic amines is 2. The van der Waals surface area contributed by atoms with E-state index in [0.29, 0.717) is 29.1 Å². The average molecular weight is 331 g/mol. The molecule has 0 spiro atoms. The highest BCUT2D eigenvalue weighted by Gasteiger charge is 2.21. The summed E-state index contributed by atoms with van der Waals surface area (Å²) in [6.07, 6.45) is 2.26. The second kappa shape index (κ2) is 5.55. The number of aryl methyl sites for hydroxylation is 1. The van der Waals surface area contributed by atoms with Crippen molar-refractivity contribution in [2.75, 3.05) is 13.1 Å². The highest BCUT2D eigenvalue weighted by molar-refractivity contribution is 7.22. The number of aliphatic hydroxyl groups is 1. The largest absolute Gasteiger partial charge is 0.392 e. The third kappa shape index (κ3) is 2.69. The van der Waals surface area contributed by atoms with E-state index in [0.717, 1.165) is 29.1 Å². The molecular formula is C15H17N5O2S. The number of rotatable bonds is 3. The number of aromatic nitrogens is 4. The molecule has 0 aromatic carbocycles. The van der Waals surface area contributed by atoms with E-state index in [1.165, 1.54) is 11.3 Å². The lowest BCUT2D eigenvalue weighted by molar-refractivity contribution is 0.174. The lowest BCUT2D eigenvalue weighted by Gasteiger charge is -2.13. The number of H-pyrrole nitrogens is 2. The molecule has 23 heavy (non-hydrogen) atoms. The van der Waals surface area contributed by atoms with Gasteiger partial charge in [0, 0.05) is 29.2 Å². The zero-order valence-electron chi connectivity index (χ0n) is 12.7. The lowest BCUT2D eigenvalue weighted by atomic mass is 10.2. The van der Waals surface area contributed by atoms with Gasteiger partial charge in [-0.2, -0.15) is 5.10 Å². The molecule has 8 heteroatoms. The van der Waals surface area contributed by atoms with E-state index in [-0.39, 0.29) is 11.7 Å². The van der Waals surface area contributed by atoms with Gasteiger partial charge in [-0.25, -0.2) is 4.98 Å². The van der Waals surface area contributed by atoms with Gasteiger partial charge in [0.15, 0.2) is 0 Å². The van der Waals surface area contributed by atoms with Crippen molar-refractivity contribution in [3.8, 4) is 10.4 Å². The highest BCUT2D eigenvalue weighted by Crippen LogP contribution is 2.32. The summed E-state index contributed by atoms with van der Waals surface area (Å²) in [4.78, 5) is 22.9. The summed E-state index contributed by atoms with van der Waals surface area (Å²) < 4.78 is 0.630. The molecule has 0 saturated carbocycles. The maximum absolute atomic E-state index is 12.3. The number of hydrogen-bond donors (Lipinski definition) is 3. The minimum atomic E-state index is -0.276. The summed E-state index contributed by atoms with van der Waals surface area (Å²) in [5.41, 5.74) is 2.57. The van der Waals surface area contributed by atoms with E-state index in [1.807, 2.05) is 13.0 Å². The van der Waals surface area contributed by atoms with Crippen LogP contribution in [0.1, 0.15) is 17.9 Å². The summed E-state index contributed by atoms with van der Waals surface area (Å²) in [7, 11) is 0. The van der Waals surface area contributed by atoms with Gasteiger partial charge in [0.05, 0.1) is 24.4 Å². The standard InChI is InChI=1S/C15H17N5O2S/c1-8-10(5-16-19-8)12-4-11-14(23-12)15(22)18-13(17-11)7-20-3-2-9(21)6-20/h4-5,9,21H,2-3,6-7H2,1H3,(H,16,19)(H,17,18,22)/t9-/m1/s1. The zero-order chi connectivity index (χ0) is 16.0. The van der Waals surface area contributed by atoms with Crippen molar-refractivity contribution in [2.24, 2.45) is 0 Å². The monoisotopic (exact) mass is 331 g/mol. The number of nitrogens with zero attached hydrogens (tertiary/aromatic N) is 3. The van der Waals surface area contributed by atoms with Crippen molar-refractivity contribution in [2.45, 2.75) is 26.0 Å². The molecule has 3 N–H and O–H groups in total. The fourth-order valence-electron chi connectivity index (χ4n) is 2.96. The summed E-state index contributed by atoms with van der Waals surface area (Å²) in [6.45, 7) is 3.96. The Morgan fingerprint density at radius 1 is 1.52 bits per heavy atom. The molecule has 0 unspecified atom stereocenters. The van der Waals surface area contributed by atoms with Crippen molar-refractivity contribution in [3.63, 3.8) is 0 Å². The van der Waals surface area contributed by atoms with Crippen LogP contribution in [-0.4, -0.2) is 49.4 Å². The molecule has 0 radical (unpaired) electrons. The van der Waals surface area contributed by atoms with Crippen LogP contribution in [0.15, 0.2) is 17.1 Å². The number of nitrogens with one attached hydrogen (secondary N) is 2. The highest BCUT2D eigenvalue weighted by atomic mass is 32.1. The van der Waals surface area contributed by atoms with E-state index in [2.05, 4.69) is 25.1 Å². The first kappa shape index (κ1) is 14.6. The van der Waals surface area contributed by atoms with Crippen LogP contribution in [0.5, 0.6) is 0 Å². The first-order chi connectivity index (χ1) is 11.1. The van der Waals surface area contributed by atoms with Crippen LogP contribution < -0.4 is 5.56 Å². The van der Waals surface area contributed by atoms with Crippen molar-refractivity contribution in [3.05, 3.63) is 34.1 Å². The summed E-state index contributed by atoms with van der Waals surface area (Å²) in [6, 6.07) is 1.94. The van der Waals surface area contributed by atoms with Crippen LogP contribution in [0.3, 0.4) is 0 Å². The lowest BCUT2D eigenvalue weighted by Crippen LogP contribution is -2.24. The number of likely N-dealkylation sites (tertiary alicyclic amines) is 1. The number of thiophene rings is 1. The number of fused-ring (bicyclic) bond motifs is 1. The molecule has 0 bridgehead atoms. The Morgan fingerprint density at radius 2 is 2.39 bits per heavy atom.